The zero-order valence-corrected chi connectivity index (χ0v) is 10.7. The Kier molecular flexibility index (Phi) is 4.14. The lowest BCUT2D eigenvalue weighted by Gasteiger charge is -2.08. The molecule has 0 aliphatic heterocycles. The molecule has 6 heteroatoms. The van der Waals surface area contributed by atoms with Crippen LogP contribution in [0.4, 0.5) is 4.39 Å². The minimum atomic E-state index is -1.36. The first-order valence-corrected chi connectivity index (χ1v) is 5.75. The molecule has 0 fully saturated rings. The fourth-order valence-corrected chi connectivity index (χ4v) is 1.60. The molecule has 2 rings (SSSR count). The van der Waals surface area contributed by atoms with E-state index in [4.69, 9.17) is 14.6 Å². The van der Waals surface area contributed by atoms with Gasteiger partial charge in [0.1, 0.15) is 17.9 Å². The van der Waals surface area contributed by atoms with Crippen molar-refractivity contribution in [2.45, 2.75) is 6.61 Å². The summed E-state index contributed by atoms with van der Waals surface area (Å²) in [5.41, 5.74) is 0.284. The van der Waals surface area contributed by atoms with Crippen molar-refractivity contribution >= 4 is 5.97 Å². The number of aromatic nitrogens is 1. The summed E-state index contributed by atoms with van der Waals surface area (Å²) in [6, 6.07) is 8.14. The summed E-state index contributed by atoms with van der Waals surface area (Å²) in [4.78, 5) is 14.5. The van der Waals surface area contributed by atoms with Gasteiger partial charge in [-0.25, -0.2) is 14.2 Å². The van der Waals surface area contributed by atoms with Crippen molar-refractivity contribution in [2.24, 2.45) is 0 Å². The summed E-state index contributed by atoms with van der Waals surface area (Å²) >= 11 is 0. The van der Waals surface area contributed by atoms with Gasteiger partial charge < -0.3 is 14.6 Å². The molecular formula is C14H12FNO4. The molecule has 0 saturated carbocycles. The van der Waals surface area contributed by atoms with E-state index in [9.17, 15) is 9.18 Å². The first kappa shape index (κ1) is 13.8. The van der Waals surface area contributed by atoms with Crippen molar-refractivity contribution in [3.8, 4) is 11.6 Å². The number of ether oxygens (including phenoxy) is 2. The van der Waals surface area contributed by atoms with Gasteiger partial charge in [-0.3, -0.25) is 0 Å². The monoisotopic (exact) mass is 277 g/mol. The van der Waals surface area contributed by atoms with Crippen LogP contribution in [-0.4, -0.2) is 23.2 Å². The number of rotatable bonds is 5. The highest BCUT2D eigenvalue weighted by atomic mass is 19.1. The van der Waals surface area contributed by atoms with Gasteiger partial charge >= 0.3 is 5.97 Å². The average Bonchev–Trinajstić information content (AvgIpc) is 2.46. The molecule has 0 amide bonds. The smallest absolute Gasteiger partial charge is 0.338 e. The van der Waals surface area contributed by atoms with Crippen LogP contribution in [-0.2, 0) is 6.61 Å². The highest BCUT2D eigenvalue weighted by molar-refractivity contribution is 5.88. The highest BCUT2D eigenvalue weighted by Gasteiger charge is 2.16. The molecule has 0 saturated heterocycles. The first-order valence-electron chi connectivity index (χ1n) is 5.75. The fraction of sp³-hybridized carbons (Fsp3) is 0.143. The van der Waals surface area contributed by atoms with Gasteiger partial charge in [0.2, 0.25) is 0 Å². The molecule has 1 aromatic heterocycles. The molecular weight excluding hydrogens is 265 g/mol. The summed E-state index contributed by atoms with van der Waals surface area (Å²) in [7, 11) is 1.54. The third-order valence-corrected chi connectivity index (χ3v) is 2.60. The van der Waals surface area contributed by atoms with E-state index in [0.29, 0.717) is 5.75 Å². The standard InChI is InChI=1S/C14H12FNO4/c1-19-10-4-2-3-9(7-10)8-20-13-12(15)11(14(17)18)5-6-16-13/h2-7H,8H2,1H3,(H,17,18). The molecule has 2 aromatic rings. The summed E-state index contributed by atoms with van der Waals surface area (Å²) in [5, 5.41) is 8.80. The van der Waals surface area contributed by atoms with Gasteiger partial charge in [0.25, 0.3) is 5.88 Å². The van der Waals surface area contributed by atoms with Gasteiger partial charge in [-0.1, -0.05) is 12.1 Å². The second kappa shape index (κ2) is 6.01. The number of carboxylic acid groups (broad SMARTS) is 1. The maximum absolute atomic E-state index is 13.8. The topological polar surface area (TPSA) is 68.7 Å². The van der Waals surface area contributed by atoms with Crippen LogP contribution in [0, 0.1) is 5.82 Å². The Hall–Kier alpha value is -2.63. The van der Waals surface area contributed by atoms with E-state index in [0.717, 1.165) is 11.6 Å². The molecule has 1 heterocycles. The van der Waals surface area contributed by atoms with Crippen LogP contribution in [0.5, 0.6) is 11.6 Å². The number of hydrogen-bond acceptors (Lipinski definition) is 4. The number of carbonyl (C=O) groups is 1. The second-order valence-corrected chi connectivity index (χ2v) is 3.92. The minimum absolute atomic E-state index is 0.0597. The summed E-state index contributed by atoms with van der Waals surface area (Å²) in [5.74, 6) is -2.04. The number of halogens is 1. The van der Waals surface area contributed by atoms with Crippen molar-refractivity contribution in [3.63, 3.8) is 0 Å². The van der Waals surface area contributed by atoms with E-state index >= 15 is 0 Å². The Morgan fingerprint density at radius 1 is 1.40 bits per heavy atom. The van der Waals surface area contributed by atoms with Crippen LogP contribution in [0.1, 0.15) is 15.9 Å². The molecule has 20 heavy (non-hydrogen) atoms. The van der Waals surface area contributed by atoms with Gasteiger partial charge in [0.15, 0.2) is 5.82 Å². The SMILES string of the molecule is COc1cccc(COc2nccc(C(=O)O)c2F)c1. The molecule has 0 aliphatic carbocycles. The fourth-order valence-electron chi connectivity index (χ4n) is 1.60. The predicted molar refractivity (Wildman–Crippen MR) is 68.5 cm³/mol. The van der Waals surface area contributed by atoms with Crippen molar-refractivity contribution in [1.82, 2.24) is 4.98 Å². The van der Waals surface area contributed by atoms with Gasteiger partial charge in [-0.2, -0.15) is 0 Å². The maximum atomic E-state index is 13.8. The van der Waals surface area contributed by atoms with Crippen LogP contribution < -0.4 is 9.47 Å². The van der Waals surface area contributed by atoms with Gasteiger partial charge in [0.05, 0.1) is 7.11 Å². The van der Waals surface area contributed by atoms with E-state index in [1.54, 1.807) is 24.3 Å². The number of nitrogens with zero attached hydrogens (tertiary/aromatic N) is 1. The predicted octanol–water partition coefficient (Wildman–Crippen LogP) is 2.51. The molecule has 0 spiro atoms. The number of carboxylic acids is 1. The zero-order chi connectivity index (χ0) is 14.5. The number of aromatic carboxylic acids is 1. The molecule has 0 aliphatic rings. The molecule has 0 atom stereocenters. The number of benzene rings is 1. The molecule has 1 aromatic carbocycles. The number of pyridine rings is 1. The van der Waals surface area contributed by atoms with Crippen LogP contribution in [0.2, 0.25) is 0 Å². The van der Waals surface area contributed by atoms with E-state index in [1.807, 2.05) is 0 Å². The second-order valence-electron chi connectivity index (χ2n) is 3.92. The quantitative estimate of drug-likeness (QED) is 0.909. The van der Waals surface area contributed by atoms with Crippen molar-refractivity contribution < 1.29 is 23.8 Å². The Labute approximate surface area is 114 Å². The van der Waals surface area contributed by atoms with E-state index < -0.39 is 17.3 Å². The van der Waals surface area contributed by atoms with Gasteiger partial charge in [-0.15, -0.1) is 0 Å². The Bertz CT molecular complexity index is 630. The minimum Gasteiger partial charge on any atom is -0.497 e. The average molecular weight is 277 g/mol. The van der Waals surface area contributed by atoms with E-state index in [1.165, 1.54) is 13.3 Å². The molecule has 0 unspecified atom stereocenters. The molecule has 104 valence electrons. The van der Waals surface area contributed by atoms with Crippen LogP contribution in [0.25, 0.3) is 0 Å². The third kappa shape index (κ3) is 3.03. The highest BCUT2D eigenvalue weighted by Crippen LogP contribution is 2.19. The van der Waals surface area contributed by atoms with Crippen LogP contribution in [0.3, 0.4) is 0 Å². The number of hydrogen-bond donors (Lipinski definition) is 1. The molecule has 0 radical (unpaired) electrons. The summed E-state index contributed by atoms with van der Waals surface area (Å²) in [6.45, 7) is 0.0597. The lowest BCUT2D eigenvalue weighted by atomic mass is 10.2. The summed E-state index contributed by atoms with van der Waals surface area (Å²) < 4.78 is 24.0. The Balaban J connectivity index is 2.14. The largest absolute Gasteiger partial charge is 0.497 e. The number of methoxy groups -OCH3 is 1. The zero-order valence-electron chi connectivity index (χ0n) is 10.7. The molecule has 1 N–H and O–H groups in total. The lowest BCUT2D eigenvalue weighted by Crippen LogP contribution is -2.06. The van der Waals surface area contributed by atoms with Crippen LogP contribution >= 0.6 is 0 Å². The van der Waals surface area contributed by atoms with Gasteiger partial charge in [0, 0.05) is 6.20 Å². The molecule has 0 bridgehead atoms. The van der Waals surface area contributed by atoms with Crippen LogP contribution in [0.15, 0.2) is 36.5 Å². The Morgan fingerprint density at radius 3 is 2.90 bits per heavy atom. The van der Waals surface area contributed by atoms with E-state index in [-0.39, 0.29) is 12.5 Å². The van der Waals surface area contributed by atoms with Crippen molar-refractivity contribution in [2.75, 3.05) is 7.11 Å². The first-order chi connectivity index (χ1) is 9.61. The summed E-state index contributed by atoms with van der Waals surface area (Å²) in [6.07, 6.45) is 1.19. The Morgan fingerprint density at radius 2 is 2.20 bits per heavy atom. The normalized spacial score (nSPS) is 10.1. The van der Waals surface area contributed by atoms with Crippen molar-refractivity contribution in [3.05, 3.63) is 53.5 Å². The van der Waals surface area contributed by atoms with Gasteiger partial charge in [-0.05, 0) is 23.8 Å². The third-order valence-electron chi connectivity index (χ3n) is 2.60. The maximum Gasteiger partial charge on any atom is 0.338 e. The van der Waals surface area contributed by atoms with Crippen molar-refractivity contribution in [1.29, 1.82) is 0 Å². The lowest BCUT2D eigenvalue weighted by molar-refractivity contribution is 0.0690. The molecule has 5 nitrogen and oxygen atoms in total. The van der Waals surface area contributed by atoms with E-state index in [2.05, 4.69) is 4.98 Å².